The number of hydrogen-bond acceptors (Lipinski definition) is 5. The molecule has 0 saturated carbocycles. The van der Waals surface area contributed by atoms with Crippen LogP contribution >= 0.6 is 0 Å². The number of benzene rings is 3. The first-order valence-corrected chi connectivity index (χ1v) is 11.6. The lowest BCUT2D eigenvalue weighted by atomic mass is 9.94. The molecular formula is C29H32O5. The fourth-order valence-electron chi connectivity index (χ4n) is 4.16. The summed E-state index contributed by atoms with van der Waals surface area (Å²) in [6.45, 7) is 4.92. The molecule has 1 saturated heterocycles. The monoisotopic (exact) mass is 460 g/mol. The van der Waals surface area contributed by atoms with Crippen LogP contribution in [0.1, 0.15) is 16.7 Å². The summed E-state index contributed by atoms with van der Waals surface area (Å²) in [7, 11) is 0. The van der Waals surface area contributed by atoms with Gasteiger partial charge in [-0.1, -0.05) is 97.1 Å². The van der Waals surface area contributed by atoms with Crippen molar-refractivity contribution in [2.24, 2.45) is 0 Å². The van der Waals surface area contributed by atoms with Crippen molar-refractivity contribution in [2.75, 3.05) is 6.61 Å². The SMILES string of the molecule is C=C[C@@H]1O[C@H](CO)[C@@H](OCc2ccccc2)[C@H](OCc2ccccc2)[C@H]1OCc1ccccc1. The molecule has 5 atom stereocenters. The standard InChI is InChI=1S/C29H32O5/c1-2-25-27(31-19-22-12-6-3-7-13-22)29(33-21-24-16-10-5-11-17-24)28(26(18-30)34-25)32-20-23-14-8-4-9-15-23/h2-17,25-30H,1,18-21H2/t25-,26+,27-,28+,29+/m0/s1. The smallest absolute Gasteiger partial charge is 0.116 e. The second-order valence-electron chi connectivity index (χ2n) is 8.34. The predicted octanol–water partition coefficient (Wildman–Crippen LogP) is 4.69. The fraction of sp³-hybridized carbons (Fsp3) is 0.310. The van der Waals surface area contributed by atoms with E-state index in [2.05, 4.69) is 6.58 Å². The van der Waals surface area contributed by atoms with Gasteiger partial charge < -0.3 is 24.1 Å². The molecule has 3 aromatic rings. The summed E-state index contributed by atoms with van der Waals surface area (Å²) in [5.41, 5.74) is 3.14. The van der Waals surface area contributed by atoms with E-state index in [4.69, 9.17) is 18.9 Å². The Morgan fingerprint density at radius 1 is 0.647 bits per heavy atom. The molecule has 5 nitrogen and oxygen atoms in total. The van der Waals surface area contributed by atoms with Crippen LogP contribution < -0.4 is 0 Å². The van der Waals surface area contributed by atoms with Crippen LogP contribution in [0.3, 0.4) is 0 Å². The third-order valence-electron chi connectivity index (χ3n) is 5.94. The van der Waals surface area contributed by atoms with Gasteiger partial charge in [-0.25, -0.2) is 0 Å². The van der Waals surface area contributed by atoms with Crippen LogP contribution in [-0.2, 0) is 38.8 Å². The predicted molar refractivity (Wildman–Crippen MR) is 131 cm³/mol. The van der Waals surface area contributed by atoms with Crippen molar-refractivity contribution in [3.8, 4) is 0 Å². The van der Waals surface area contributed by atoms with E-state index in [0.29, 0.717) is 19.8 Å². The Morgan fingerprint density at radius 3 is 1.47 bits per heavy atom. The fourth-order valence-corrected chi connectivity index (χ4v) is 4.16. The Kier molecular flexibility index (Phi) is 9.02. The van der Waals surface area contributed by atoms with E-state index < -0.39 is 30.5 Å². The van der Waals surface area contributed by atoms with Crippen LogP contribution in [0.2, 0.25) is 0 Å². The van der Waals surface area contributed by atoms with Crippen molar-refractivity contribution < 1.29 is 24.1 Å². The molecule has 0 radical (unpaired) electrons. The molecule has 0 unspecified atom stereocenters. The highest BCUT2D eigenvalue weighted by Crippen LogP contribution is 2.30. The van der Waals surface area contributed by atoms with E-state index in [1.807, 2.05) is 91.0 Å². The number of hydrogen-bond donors (Lipinski definition) is 1. The number of ether oxygens (including phenoxy) is 4. The van der Waals surface area contributed by atoms with E-state index in [-0.39, 0.29) is 6.61 Å². The Labute approximate surface area is 201 Å². The Hall–Kier alpha value is -2.80. The average molecular weight is 461 g/mol. The Bertz CT molecular complexity index is 979. The molecule has 34 heavy (non-hydrogen) atoms. The minimum atomic E-state index is -0.566. The zero-order valence-electron chi connectivity index (χ0n) is 19.2. The van der Waals surface area contributed by atoms with Crippen LogP contribution in [0, 0.1) is 0 Å². The topological polar surface area (TPSA) is 57.2 Å². The third kappa shape index (κ3) is 6.41. The maximum absolute atomic E-state index is 10.1. The van der Waals surface area contributed by atoms with E-state index in [1.165, 1.54) is 0 Å². The van der Waals surface area contributed by atoms with E-state index >= 15 is 0 Å². The normalized spacial score (nSPS) is 24.6. The molecule has 0 spiro atoms. The highest BCUT2D eigenvalue weighted by molar-refractivity contribution is 5.16. The van der Waals surface area contributed by atoms with Gasteiger partial charge in [0.05, 0.1) is 26.4 Å². The van der Waals surface area contributed by atoms with Crippen molar-refractivity contribution in [3.63, 3.8) is 0 Å². The van der Waals surface area contributed by atoms with Crippen LogP contribution in [0.15, 0.2) is 104 Å². The first-order chi connectivity index (χ1) is 16.8. The minimum Gasteiger partial charge on any atom is -0.394 e. The van der Waals surface area contributed by atoms with E-state index in [9.17, 15) is 5.11 Å². The summed E-state index contributed by atoms with van der Waals surface area (Å²) in [4.78, 5) is 0. The van der Waals surface area contributed by atoms with E-state index in [0.717, 1.165) is 16.7 Å². The molecule has 0 aliphatic carbocycles. The molecule has 5 heteroatoms. The van der Waals surface area contributed by atoms with Crippen LogP contribution in [0.25, 0.3) is 0 Å². The largest absolute Gasteiger partial charge is 0.394 e. The molecule has 0 aromatic heterocycles. The highest BCUT2D eigenvalue weighted by atomic mass is 16.6. The van der Waals surface area contributed by atoms with Crippen molar-refractivity contribution in [1.29, 1.82) is 0 Å². The zero-order valence-corrected chi connectivity index (χ0v) is 19.2. The molecule has 1 heterocycles. The lowest BCUT2D eigenvalue weighted by Crippen LogP contribution is -2.60. The Morgan fingerprint density at radius 2 is 1.06 bits per heavy atom. The van der Waals surface area contributed by atoms with Crippen molar-refractivity contribution in [3.05, 3.63) is 120 Å². The van der Waals surface area contributed by atoms with Gasteiger partial charge in [-0.2, -0.15) is 0 Å². The van der Waals surface area contributed by atoms with Gasteiger partial charge >= 0.3 is 0 Å². The molecule has 1 aliphatic rings. The molecule has 1 aliphatic heterocycles. The highest BCUT2D eigenvalue weighted by Gasteiger charge is 2.47. The quantitative estimate of drug-likeness (QED) is 0.421. The van der Waals surface area contributed by atoms with Gasteiger partial charge in [-0.15, -0.1) is 6.58 Å². The summed E-state index contributed by atoms with van der Waals surface area (Å²) in [5, 5.41) is 10.1. The van der Waals surface area contributed by atoms with Gasteiger partial charge in [-0.3, -0.25) is 0 Å². The van der Waals surface area contributed by atoms with Crippen molar-refractivity contribution in [1.82, 2.24) is 0 Å². The van der Waals surface area contributed by atoms with Crippen LogP contribution in [-0.4, -0.2) is 42.2 Å². The molecule has 0 bridgehead atoms. The van der Waals surface area contributed by atoms with E-state index in [1.54, 1.807) is 6.08 Å². The lowest BCUT2D eigenvalue weighted by molar-refractivity contribution is -0.260. The molecular weight excluding hydrogens is 428 g/mol. The molecule has 178 valence electrons. The molecule has 3 aromatic carbocycles. The maximum atomic E-state index is 10.1. The summed E-state index contributed by atoms with van der Waals surface area (Å²) in [5.74, 6) is 0. The summed E-state index contributed by atoms with van der Waals surface area (Å²) in [6, 6.07) is 29.9. The van der Waals surface area contributed by atoms with Crippen molar-refractivity contribution >= 4 is 0 Å². The minimum absolute atomic E-state index is 0.194. The summed E-state index contributed by atoms with van der Waals surface area (Å²) >= 11 is 0. The molecule has 1 fully saturated rings. The van der Waals surface area contributed by atoms with Gasteiger partial charge in [-0.05, 0) is 16.7 Å². The second-order valence-corrected chi connectivity index (χ2v) is 8.34. The summed E-state index contributed by atoms with van der Waals surface area (Å²) < 4.78 is 25.3. The van der Waals surface area contributed by atoms with Gasteiger partial charge in [0.25, 0.3) is 0 Å². The first kappa shape index (κ1) is 24.3. The van der Waals surface area contributed by atoms with Gasteiger partial charge in [0.15, 0.2) is 0 Å². The van der Waals surface area contributed by atoms with Gasteiger partial charge in [0.2, 0.25) is 0 Å². The third-order valence-corrected chi connectivity index (χ3v) is 5.94. The number of rotatable bonds is 11. The molecule has 0 amide bonds. The van der Waals surface area contributed by atoms with Crippen molar-refractivity contribution in [2.45, 2.75) is 50.3 Å². The zero-order chi connectivity index (χ0) is 23.6. The average Bonchev–Trinajstić information content (AvgIpc) is 2.91. The summed E-state index contributed by atoms with van der Waals surface area (Å²) in [6.07, 6.45) is -0.746. The van der Waals surface area contributed by atoms with Gasteiger partial charge in [0.1, 0.15) is 30.5 Å². The van der Waals surface area contributed by atoms with Crippen LogP contribution in [0.5, 0.6) is 0 Å². The second kappa shape index (κ2) is 12.6. The van der Waals surface area contributed by atoms with Gasteiger partial charge in [0, 0.05) is 0 Å². The Balaban J connectivity index is 1.57. The maximum Gasteiger partial charge on any atom is 0.116 e. The molecule has 1 N–H and O–H groups in total. The first-order valence-electron chi connectivity index (χ1n) is 11.6. The number of aliphatic hydroxyl groups is 1. The van der Waals surface area contributed by atoms with Crippen LogP contribution in [0.4, 0.5) is 0 Å². The number of aliphatic hydroxyl groups excluding tert-OH is 1. The molecule has 4 rings (SSSR count). The lowest BCUT2D eigenvalue weighted by Gasteiger charge is -2.45.